The number of halogens is 3. The van der Waals surface area contributed by atoms with Crippen molar-refractivity contribution in [3.05, 3.63) is 0 Å². The van der Waals surface area contributed by atoms with Crippen LogP contribution < -0.4 is 0 Å². The predicted molar refractivity (Wildman–Crippen MR) is 55.6 cm³/mol. The molecule has 0 aliphatic carbocycles. The molecule has 0 aromatic heterocycles. The molecule has 12 heavy (non-hydrogen) atoms. The highest BCUT2D eigenvalue weighted by Crippen LogP contribution is 2.13. The Morgan fingerprint density at radius 1 is 1.00 bits per heavy atom. The van der Waals surface area contributed by atoms with Crippen LogP contribution >= 0.6 is 34.8 Å². The zero-order chi connectivity index (χ0) is 9.40. The van der Waals surface area contributed by atoms with Crippen LogP contribution in [0.2, 0.25) is 0 Å². The molecule has 0 aromatic carbocycles. The molecule has 0 radical (unpaired) electrons. The first kappa shape index (κ1) is 12.8. The lowest BCUT2D eigenvalue weighted by molar-refractivity contribution is 0.286. The van der Waals surface area contributed by atoms with Crippen molar-refractivity contribution in [1.82, 2.24) is 0 Å². The van der Waals surface area contributed by atoms with Gasteiger partial charge in [-0.05, 0) is 12.8 Å². The molecule has 0 spiro atoms. The summed E-state index contributed by atoms with van der Waals surface area (Å²) < 4.78 is 0. The Bertz CT molecular complexity index is 88.3. The molecule has 1 N–H and O–H groups in total. The summed E-state index contributed by atoms with van der Waals surface area (Å²) in [6.07, 6.45) is 3.82. The van der Waals surface area contributed by atoms with Gasteiger partial charge in [0.1, 0.15) is 0 Å². The molecule has 0 saturated carbocycles. The molecular weight excluding hydrogens is 218 g/mol. The van der Waals surface area contributed by atoms with Crippen molar-refractivity contribution in [2.75, 3.05) is 12.5 Å². The van der Waals surface area contributed by atoms with Crippen LogP contribution in [0.25, 0.3) is 0 Å². The van der Waals surface area contributed by atoms with Gasteiger partial charge in [-0.25, -0.2) is 0 Å². The van der Waals surface area contributed by atoms with Crippen LogP contribution in [-0.2, 0) is 0 Å². The number of hydrogen-bond acceptors (Lipinski definition) is 1. The summed E-state index contributed by atoms with van der Waals surface area (Å²) in [7, 11) is 0. The second kappa shape index (κ2) is 8.43. The smallest absolute Gasteiger partial charge is 0.0595 e. The largest absolute Gasteiger partial charge is 0.395 e. The molecule has 1 nitrogen and oxygen atoms in total. The minimum Gasteiger partial charge on any atom is -0.395 e. The fourth-order valence-corrected chi connectivity index (χ4v) is 1.36. The summed E-state index contributed by atoms with van der Waals surface area (Å²) in [5, 5.41) is 8.59. The predicted octanol–water partition coefficient (Wildman–Crippen LogP) is 2.99. The van der Waals surface area contributed by atoms with Crippen LogP contribution in [0.15, 0.2) is 0 Å². The molecule has 0 aliphatic rings. The quantitative estimate of drug-likeness (QED) is 0.529. The van der Waals surface area contributed by atoms with Gasteiger partial charge in [0.05, 0.1) is 12.0 Å². The third-order valence-electron chi connectivity index (χ3n) is 1.65. The molecule has 0 bridgehead atoms. The number of aliphatic hydroxyl groups excluding tert-OH is 1. The summed E-state index contributed by atoms with van der Waals surface area (Å²) >= 11 is 17.0. The van der Waals surface area contributed by atoms with Crippen molar-refractivity contribution in [2.45, 2.75) is 36.4 Å². The van der Waals surface area contributed by atoms with Crippen molar-refractivity contribution in [3.63, 3.8) is 0 Å². The fourth-order valence-electron chi connectivity index (χ4n) is 0.900. The molecule has 4 heteroatoms. The molecule has 0 rings (SSSR count). The zero-order valence-electron chi connectivity index (χ0n) is 6.98. The molecule has 0 amide bonds. The second-order valence-electron chi connectivity index (χ2n) is 2.82. The molecule has 74 valence electrons. The second-order valence-corrected chi connectivity index (χ2v) is 4.36. The van der Waals surface area contributed by atoms with Crippen molar-refractivity contribution in [2.24, 2.45) is 0 Å². The van der Waals surface area contributed by atoms with E-state index in [0.717, 1.165) is 25.7 Å². The number of alkyl halides is 3. The molecular formula is C8H15Cl3O. The minimum absolute atomic E-state index is 0.0569. The Morgan fingerprint density at radius 2 is 1.50 bits per heavy atom. The molecule has 0 aliphatic heterocycles. The van der Waals surface area contributed by atoms with Crippen LogP contribution in [0.1, 0.15) is 25.7 Å². The van der Waals surface area contributed by atoms with Gasteiger partial charge in [0.15, 0.2) is 0 Å². The highest BCUT2D eigenvalue weighted by Gasteiger charge is 2.04. The first-order valence-electron chi connectivity index (χ1n) is 4.15. The topological polar surface area (TPSA) is 20.2 Å². The summed E-state index contributed by atoms with van der Waals surface area (Å²) in [4.78, 5) is 0. The third kappa shape index (κ3) is 7.48. The van der Waals surface area contributed by atoms with E-state index >= 15 is 0 Å². The van der Waals surface area contributed by atoms with Gasteiger partial charge in [-0.15, -0.1) is 34.8 Å². The number of unbranched alkanes of at least 4 members (excludes halogenated alkanes) is 1. The van der Waals surface area contributed by atoms with Gasteiger partial charge in [-0.1, -0.05) is 12.8 Å². The highest BCUT2D eigenvalue weighted by atomic mass is 35.5. The van der Waals surface area contributed by atoms with Gasteiger partial charge >= 0.3 is 0 Å². The van der Waals surface area contributed by atoms with Crippen molar-refractivity contribution in [3.8, 4) is 0 Å². The maximum absolute atomic E-state index is 8.61. The lowest BCUT2D eigenvalue weighted by Gasteiger charge is -2.06. The average Bonchev–Trinajstić information content (AvgIpc) is 2.11. The molecule has 0 heterocycles. The van der Waals surface area contributed by atoms with E-state index in [-0.39, 0.29) is 17.4 Å². The van der Waals surface area contributed by atoms with Crippen LogP contribution in [0.5, 0.6) is 0 Å². The molecule has 0 aromatic rings. The Morgan fingerprint density at radius 3 is 1.92 bits per heavy atom. The van der Waals surface area contributed by atoms with Crippen molar-refractivity contribution in [1.29, 1.82) is 0 Å². The van der Waals surface area contributed by atoms with Gasteiger partial charge in [-0.2, -0.15) is 0 Å². The van der Waals surface area contributed by atoms with Crippen LogP contribution in [0.4, 0.5) is 0 Å². The maximum atomic E-state index is 8.61. The molecule has 2 atom stereocenters. The van der Waals surface area contributed by atoms with E-state index in [1.165, 1.54) is 0 Å². The third-order valence-corrected chi connectivity index (χ3v) is 2.91. The van der Waals surface area contributed by atoms with E-state index in [1.807, 2.05) is 0 Å². The summed E-state index contributed by atoms with van der Waals surface area (Å²) in [5.41, 5.74) is 0. The standard InChI is InChI=1S/C8H15Cl3O/c9-5-7(10)3-1-2-4-8(11)6-12/h7-8,12H,1-6H2/t7-,8-/m0/s1. The van der Waals surface area contributed by atoms with E-state index in [0.29, 0.717) is 5.88 Å². The molecule has 0 unspecified atom stereocenters. The SMILES string of the molecule is OC[C@@H](Cl)CCCC[C@H](Cl)CCl. The van der Waals surface area contributed by atoms with Gasteiger partial charge in [0.25, 0.3) is 0 Å². The van der Waals surface area contributed by atoms with Crippen molar-refractivity contribution >= 4 is 34.8 Å². The Balaban J connectivity index is 3.10. The maximum Gasteiger partial charge on any atom is 0.0595 e. The lowest BCUT2D eigenvalue weighted by atomic mass is 10.1. The number of hydrogen-bond donors (Lipinski definition) is 1. The van der Waals surface area contributed by atoms with Crippen LogP contribution in [0.3, 0.4) is 0 Å². The minimum atomic E-state index is -0.102. The Labute approximate surface area is 89.0 Å². The molecule has 0 saturated heterocycles. The van der Waals surface area contributed by atoms with E-state index in [2.05, 4.69) is 0 Å². The number of rotatable bonds is 7. The van der Waals surface area contributed by atoms with Crippen LogP contribution in [0, 0.1) is 0 Å². The first-order chi connectivity index (χ1) is 5.70. The van der Waals surface area contributed by atoms with Gasteiger partial charge in [0.2, 0.25) is 0 Å². The fraction of sp³-hybridized carbons (Fsp3) is 1.00. The van der Waals surface area contributed by atoms with E-state index in [1.54, 1.807) is 0 Å². The summed E-state index contributed by atoms with van der Waals surface area (Å²) in [6, 6.07) is 0. The van der Waals surface area contributed by atoms with E-state index in [9.17, 15) is 0 Å². The monoisotopic (exact) mass is 232 g/mol. The molecule has 0 fully saturated rings. The zero-order valence-corrected chi connectivity index (χ0v) is 9.25. The van der Waals surface area contributed by atoms with E-state index < -0.39 is 0 Å². The van der Waals surface area contributed by atoms with Gasteiger partial charge < -0.3 is 5.11 Å². The number of aliphatic hydroxyl groups is 1. The Kier molecular flexibility index (Phi) is 9.01. The Hall–Kier alpha value is 0.830. The highest BCUT2D eigenvalue weighted by molar-refractivity contribution is 6.28. The van der Waals surface area contributed by atoms with Gasteiger partial charge in [-0.3, -0.25) is 0 Å². The average molecular weight is 234 g/mol. The van der Waals surface area contributed by atoms with Crippen molar-refractivity contribution < 1.29 is 5.11 Å². The summed E-state index contributed by atoms with van der Waals surface area (Å²) in [6.45, 7) is 0.0569. The summed E-state index contributed by atoms with van der Waals surface area (Å²) in [5.74, 6) is 0.506. The van der Waals surface area contributed by atoms with E-state index in [4.69, 9.17) is 39.9 Å². The lowest BCUT2D eigenvalue weighted by Crippen LogP contribution is -2.05. The normalized spacial score (nSPS) is 16.0. The van der Waals surface area contributed by atoms with Crippen LogP contribution in [-0.4, -0.2) is 28.3 Å². The van der Waals surface area contributed by atoms with Gasteiger partial charge in [0, 0.05) is 11.3 Å². The first-order valence-corrected chi connectivity index (χ1v) is 5.56.